The maximum atomic E-state index is 10.9. The molecule has 0 saturated heterocycles. The second-order valence-electron chi connectivity index (χ2n) is 4.05. The van der Waals surface area contributed by atoms with E-state index in [9.17, 15) is 4.79 Å². The first-order valence-electron chi connectivity index (χ1n) is 4.39. The highest BCUT2D eigenvalue weighted by Crippen LogP contribution is 2.36. The summed E-state index contributed by atoms with van der Waals surface area (Å²) in [4.78, 5) is 10.9. The number of esters is 1. The third-order valence-electron chi connectivity index (χ3n) is 2.23. The fourth-order valence-corrected chi connectivity index (χ4v) is 1.46. The molecule has 1 saturated carbocycles. The van der Waals surface area contributed by atoms with Gasteiger partial charge >= 0.3 is 5.97 Å². The fourth-order valence-electron chi connectivity index (χ4n) is 1.46. The van der Waals surface area contributed by atoms with Crippen molar-refractivity contribution in [3.05, 3.63) is 0 Å². The number of carbonyl (C=O) groups excluding carboxylic acids is 1. The van der Waals surface area contributed by atoms with E-state index in [0.29, 0.717) is 6.42 Å². The van der Waals surface area contributed by atoms with Crippen LogP contribution in [0, 0.1) is 5.92 Å². The van der Waals surface area contributed by atoms with E-state index in [1.165, 1.54) is 20.0 Å². The highest BCUT2D eigenvalue weighted by atomic mass is 16.5. The Kier molecular flexibility index (Phi) is 2.73. The van der Waals surface area contributed by atoms with Crippen LogP contribution in [0.25, 0.3) is 0 Å². The van der Waals surface area contributed by atoms with Crippen molar-refractivity contribution in [1.29, 1.82) is 0 Å². The van der Waals surface area contributed by atoms with Gasteiger partial charge in [0.2, 0.25) is 0 Å². The van der Waals surface area contributed by atoms with Gasteiger partial charge in [-0.15, -0.1) is 0 Å². The molecule has 0 spiro atoms. The highest BCUT2D eigenvalue weighted by Gasteiger charge is 2.32. The van der Waals surface area contributed by atoms with Crippen LogP contribution in [0.3, 0.4) is 0 Å². The Morgan fingerprint density at radius 1 is 1.67 bits per heavy atom. The average Bonchev–Trinajstić information content (AvgIpc) is 2.69. The normalized spacial score (nSPS) is 21.6. The standard InChI is InChI=1S/C9H17NO2/c1-9(10,5-7-3-4-7)6-8(11)12-2/h7H,3-6,10H2,1-2H3. The molecule has 0 radical (unpaired) electrons. The lowest BCUT2D eigenvalue weighted by atomic mass is 9.92. The molecule has 1 rings (SSSR count). The highest BCUT2D eigenvalue weighted by molar-refractivity contribution is 5.70. The first-order valence-corrected chi connectivity index (χ1v) is 4.39. The van der Waals surface area contributed by atoms with Crippen molar-refractivity contribution in [3.8, 4) is 0 Å². The molecule has 3 nitrogen and oxygen atoms in total. The van der Waals surface area contributed by atoms with E-state index in [1.54, 1.807) is 0 Å². The van der Waals surface area contributed by atoms with Gasteiger partial charge in [0.05, 0.1) is 13.5 Å². The Labute approximate surface area is 73.3 Å². The van der Waals surface area contributed by atoms with Crippen molar-refractivity contribution in [2.24, 2.45) is 11.7 Å². The van der Waals surface area contributed by atoms with E-state index in [-0.39, 0.29) is 11.5 Å². The number of hydrogen-bond donors (Lipinski definition) is 1. The van der Waals surface area contributed by atoms with Gasteiger partial charge in [-0.25, -0.2) is 0 Å². The van der Waals surface area contributed by atoms with E-state index in [4.69, 9.17) is 5.73 Å². The van der Waals surface area contributed by atoms with Gasteiger partial charge in [-0.1, -0.05) is 12.8 Å². The summed E-state index contributed by atoms with van der Waals surface area (Å²) in [6.45, 7) is 1.92. The van der Waals surface area contributed by atoms with Gasteiger partial charge in [-0.3, -0.25) is 4.79 Å². The van der Waals surface area contributed by atoms with Crippen molar-refractivity contribution in [3.63, 3.8) is 0 Å². The molecule has 0 heterocycles. The fraction of sp³-hybridized carbons (Fsp3) is 0.889. The third kappa shape index (κ3) is 3.22. The number of methoxy groups -OCH3 is 1. The summed E-state index contributed by atoms with van der Waals surface area (Å²) in [6, 6.07) is 0. The molecule has 0 aliphatic heterocycles. The van der Waals surface area contributed by atoms with E-state index in [2.05, 4.69) is 4.74 Å². The molecule has 70 valence electrons. The first kappa shape index (κ1) is 9.52. The summed E-state index contributed by atoms with van der Waals surface area (Å²) < 4.78 is 4.57. The average molecular weight is 171 g/mol. The van der Waals surface area contributed by atoms with E-state index >= 15 is 0 Å². The zero-order chi connectivity index (χ0) is 9.19. The summed E-state index contributed by atoms with van der Waals surface area (Å²) in [5.74, 6) is 0.547. The maximum absolute atomic E-state index is 10.9. The van der Waals surface area contributed by atoms with Crippen molar-refractivity contribution < 1.29 is 9.53 Å². The summed E-state index contributed by atoms with van der Waals surface area (Å²) in [7, 11) is 1.40. The molecule has 1 atom stereocenters. The quantitative estimate of drug-likeness (QED) is 0.644. The van der Waals surface area contributed by atoms with Crippen LogP contribution in [0.1, 0.15) is 32.6 Å². The molecule has 0 aromatic carbocycles. The number of carbonyl (C=O) groups is 1. The van der Waals surface area contributed by atoms with Crippen LogP contribution in [0.4, 0.5) is 0 Å². The minimum Gasteiger partial charge on any atom is -0.469 e. The van der Waals surface area contributed by atoms with Crippen LogP contribution < -0.4 is 5.73 Å². The molecular weight excluding hydrogens is 154 g/mol. The Hall–Kier alpha value is -0.570. The minimum atomic E-state index is -0.367. The molecule has 1 aliphatic carbocycles. The Balaban J connectivity index is 2.30. The molecule has 12 heavy (non-hydrogen) atoms. The topological polar surface area (TPSA) is 52.3 Å². The van der Waals surface area contributed by atoms with E-state index in [1.807, 2.05) is 6.92 Å². The molecule has 1 fully saturated rings. The predicted molar refractivity (Wildman–Crippen MR) is 46.6 cm³/mol. The number of ether oxygens (including phenoxy) is 1. The van der Waals surface area contributed by atoms with Crippen LogP contribution in [0.15, 0.2) is 0 Å². The summed E-state index contributed by atoms with van der Waals surface area (Å²) in [6.07, 6.45) is 3.82. The van der Waals surface area contributed by atoms with Gasteiger partial charge < -0.3 is 10.5 Å². The van der Waals surface area contributed by atoms with Gasteiger partial charge in [0, 0.05) is 5.54 Å². The molecule has 3 heteroatoms. The third-order valence-corrected chi connectivity index (χ3v) is 2.23. The van der Waals surface area contributed by atoms with E-state index < -0.39 is 0 Å². The van der Waals surface area contributed by atoms with Crippen molar-refractivity contribution in [1.82, 2.24) is 0 Å². The minimum absolute atomic E-state index is 0.208. The van der Waals surface area contributed by atoms with Gasteiger partial charge in [-0.2, -0.15) is 0 Å². The van der Waals surface area contributed by atoms with Crippen LogP contribution >= 0.6 is 0 Å². The first-order chi connectivity index (χ1) is 5.53. The van der Waals surface area contributed by atoms with Gasteiger partial charge in [0.1, 0.15) is 0 Å². The molecule has 0 bridgehead atoms. The smallest absolute Gasteiger partial charge is 0.307 e. The van der Waals surface area contributed by atoms with E-state index in [0.717, 1.165) is 12.3 Å². The largest absolute Gasteiger partial charge is 0.469 e. The van der Waals surface area contributed by atoms with Crippen LogP contribution in [-0.2, 0) is 9.53 Å². The number of nitrogens with two attached hydrogens (primary N) is 1. The van der Waals surface area contributed by atoms with Crippen LogP contribution in [0.5, 0.6) is 0 Å². The molecule has 0 aromatic heterocycles. The Morgan fingerprint density at radius 2 is 2.25 bits per heavy atom. The molecule has 2 N–H and O–H groups in total. The second-order valence-corrected chi connectivity index (χ2v) is 4.05. The molecular formula is C9H17NO2. The summed E-state index contributed by atoms with van der Waals surface area (Å²) >= 11 is 0. The monoisotopic (exact) mass is 171 g/mol. The lowest BCUT2D eigenvalue weighted by molar-refractivity contribution is -0.141. The number of rotatable bonds is 4. The lowest BCUT2D eigenvalue weighted by Gasteiger charge is -2.22. The summed E-state index contributed by atoms with van der Waals surface area (Å²) in [5.41, 5.74) is 5.57. The Morgan fingerprint density at radius 3 is 2.67 bits per heavy atom. The van der Waals surface area contributed by atoms with Crippen LogP contribution in [-0.4, -0.2) is 18.6 Å². The number of hydrogen-bond acceptors (Lipinski definition) is 3. The molecule has 1 unspecified atom stereocenters. The van der Waals surface area contributed by atoms with Crippen LogP contribution in [0.2, 0.25) is 0 Å². The summed E-state index contributed by atoms with van der Waals surface area (Å²) in [5, 5.41) is 0. The molecule has 0 aromatic rings. The maximum Gasteiger partial charge on any atom is 0.307 e. The van der Waals surface area contributed by atoms with Crippen molar-refractivity contribution in [2.45, 2.75) is 38.1 Å². The van der Waals surface area contributed by atoms with Gasteiger partial charge in [-0.05, 0) is 19.3 Å². The van der Waals surface area contributed by atoms with Crippen molar-refractivity contribution >= 4 is 5.97 Å². The lowest BCUT2D eigenvalue weighted by Crippen LogP contribution is -2.39. The van der Waals surface area contributed by atoms with Gasteiger partial charge in [0.25, 0.3) is 0 Å². The second kappa shape index (κ2) is 3.44. The zero-order valence-electron chi connectivity index (χ0n) is 7.80. The molecule has 0 amide bonds. The van der Waals surface area contributed by atoms with Crippen molar-refractivity contribution in [2.75, 3.05) is 7.11 Å². The predicted octanol–water partition coefficient (Wildman–Crippen LogP) is 1.07. The Bertz CT molecular complexity index is 173. The SMILES string of the molecule is COC(=O)CC(C)(N)CC1CC1. The van der Waals surface area contributed by atoms with Gasteiger partial charge in [0.15, 0.2) is 0 Å². The molecule has 1 aliphatic rings. The zero-order valence-corrected chi connectivity index (χ0v) is 7.80.